The van der Waals surface area contributed by atoms with Crippen molar-refractivity contribution in [3.05, 3.63) is 0 Å². The van der Waals surface area contributed by atoms with Gasteiger partial charge in [0.1, 0.15) is 6.73 Å². The fourth-order valence-corrected chi connectivity index (χ4v) is 1.01. The molecule has 0 fully saturated rings. The first-order valence-electron chi connectivity index (χ1n) is 5.80. The van der Waals surface area contributed by atoms with Gasteiger partial charge in [0.25, 0.3) is 0 Å². The van der Waals surface area contributed by atoms with Crippen molar-refractivity contribution in [1.82, 2.24) is 5.32 Å². The number of carbonyl (C=O) groups is 2. The van der Waals surface area contributed by atoms with Crippen LogP contribution in [0.15, 0.2) is 0 Å². The minimum Gasteiger partial charge on any atom is -0.481 e. The highest BCUT2D eigenvalue weighted by Gasteiger charge is 1.99. The second-order valence-corrected chi connectivity index (χ2v) is 3.51. The Labute approximate surface area is 101 Å². The molecule has 0 saturated carbocycles. The number of hydrogen-bond acceptors (Lipinski definition) is 4. The molecule has 0 aliphatic rings. The minimum absolute atomic E-state index is 0.00620. The lowest BCUT2D eigenvalue weighted by Gasteiger charge is -2.06. The van der Waals surface area contributed by atoms with Crippen molar-refractivity contribution in [3.8, 4) is 0 Å². The van der Waals surface area contributed by atoms with Gasteiger partial charge in [-0.15, -0.1) is 0 Å². The Morgan fingerprint density at radius 1 is 1.12 bits per heavy atom. The Morgan fingerprint density at radius 2 is 1.82 bits per heavy atom. The first-order chi connectivity index (χ1) is 8.16. The molecule has 2 N–H and O–H groups in total. The van der Waals surface area contributed by atoms with Crippen LogP contribution < -0.4 is 5.32 Å². The maximum absolute atomic E-state index is 11.1. The summed E-state index contributed by atoms with van der Waals surface area (Å²) in [6.07, 6.45) is 2.39. The number of aliphatic carboxylic acids is 1. The fourth-order valence-electron chi connectivity index (χ4n) is 1.01. The summed E-state index contributed by atoms with van der Waals surface area (Å²) >= 11 is 0. The van der Waals surface area contributed by atoms with Crippen LogP contribution in [-0.2, 0) is 19.1 Å². The van der Waals surface area contributed by atoms with Gasteiger partial charge in [0.2, 0.25) is 5.91 Å². The Kier molecular flexibility index (Phi) is 10.6. The minimum atomic E-state index is -0.880. The second kappa shape index (κ2) is 11.3. The van der Waals surface area contributed by atoms with E-state index in [0.717, 1.165) is 12.8 Å². The lowest BCUT2D eigenvalue weighted by atomic mass is 10.2. The van der Waals surface area contributed by atoms with E-state index < -0.39 is 5.97 Å². The van der Waals surface area contributed by atoms with Crippen LogP contribution >= 0.6 is 0 Å². The smallest absolute Gasteiger partial charge is 0.305 e. The molecule has 0 aromatic heterocycles. The highest BCUT2D eigenvalue weighted by molar-refractivity contribution is 5.75. The third-order valence-electron chi connectivity index (χ3n) is 1.96. The number of nitrogens with one attached hydrogen (secondary N) is 1. The molecule has 6 heteroatoms. The van der Waals surface area contributed by atoms with Crippen molar-refractivity contribution in [3.63, 3.8) is 0 Å². The number of carbonyl (C=O) groups excluding carboxylic acids is 1. The topological polar surface area (TPSA) is 84.9 Å². The molecule has 0 radical (unpaired) electrons. The largest absolute Gasteiger partial charge is 0.481 e. The molecule has 17 heavy (non-hydrogen) atoms. The van der Waals surface area contributed by atoms with Crippen LogP contribution in [0.2, 0.25) is 0 Å². The van der Waals surface area contributed by atoms with E-state index >= 15 is 0 Å². The molecule has 6 nitrogen and oxygen atoms in total. The van der Waals surface area contributed by atoms with Gasteiger partial charge in [0.15, 0.2) is 0 Å². The van der Waals surface area contributed by atoms with Crippen LogP contribution in [0.5, 0.6) is 0 Å². The summed E-state index contributed by atoms with van der Waals surface area (Å²) in [5.74, 6) is -0.896. The molecule has 0 heterocycles. The lowest BCUT2D eigenvalue weighted by Crippen LogP contribution is -2.26. The molecule has 0 spiro atoms. The number of carboxylic acid groups (broad SMARTS) is 1. The van der Waals surface area contributed by atoms with E-state index in [4.69, 9.17) is 14.6 Å². The third-order valence-corrected chi connectivity index (χ3v) is 1.96. The first kappa shape index (κ1) is 15.9. The molecule has 0 bridgehead atoms. The molecule has 0 saturated heterocycles. The maximum Gasteiger partial charge on any atom is 0.305 e. The quantitative estimate of drug-likeness (QED) is 0.416. The molecule has 0 unspecified atom stereocenters. The predicted octanol–water partition coefficient (Wildman–Crippen LogP) is 0.758. The van der Waals surface area contributed by atoms with Gasteiger partial charge >= 0.3 is 5.97 Å². The SMILES string of the molecule is CCCCC(=O)NCOCCOCCC(=O)O. The fraction of sp³-hybridized carbons (Fsp3) is 0.818. The van der Waals surface area contributed by atoms with Crippen LogP contribution in [-0.4, -0.2) is 43.5 Å². The second-order valence-electron chi connectivity index (χ2n) is 3.51. The number of carboxylic acids is 1. The highest BCUT2D eigenvalue weighted by atomic mass is 16.5. The van der Waals surface area contributed by atoms with E-state index in [1.54, 1.807) is 0 Å². The Hall–Kier alpha value is -1.14. The standard InChI is InChI=1S/C11H21NO5/c1-2-3-4-10(13)12-9-17-8-7-16-6-5-11(14)15/h2-9H2,1H3,(H,12,13)(H,14,15). The molecular formula is C11H21NO5. The normalized spacial score (nSPS) is 10.2. The van der Waals surface area contributed by atoms with Crippen LogP contribution in [0.25, 0.3) is 0 Å². The van der Waals surface area contributed by atoms with E-state index in [1.807, 2.05) is 6.92 Å². The van der Waals surface area contributed by atoms with E-state index in [2.05, 4.69) is 5.32 Å². The van der Waals surface area contributed by atoms with Crippen molar-refractivity contribution < 1.29 is 24.2 Å². The van der Waals surface area contributed by atoms with Gasteiger partial charge in [-0.1, -0.05) is 13.3 Å². The number of ether oxygens (including phenoxy) is 2. The van der Waals surface area contributed by atoms with E-state index in [1.165, 1.54) is 0 Å². The monoisotopic (exact) mass is 247 g/mol. The number of hydrogen-bond donors (Lipinski definition) is 2. The zero-order chi connectivity index (χ0) is 12.9. The molecule has 0 atom stereocenters. The van der Waals surface area contributed by atoms with E-state index in [9.17, 15) is 9.59 Å². The summed E-state index contributed by atoms with van der Waals surface area (Å²) in [6.45, 7) is 3.05. The van der Waals surface area contributed by atoms with Crippen molar-refractivity contribution in [2.75, 3.05) is 26.6 Å². The summed E-state index contributed by atoms with van der Waals surface area (Å²) in [5, 5.41) is 10.9. The van der Waals surface area contributed by atoms with Gasteiger partial charge in [0.05, 0.1) is 26.2 Å². The third kappa shape index (κ3) is 12.8. The van der Waals surface area contributed by atoms with Gasteiger partial charge in [-0.2, -0.15) is 0 Å². The van der Waals surface area contributed by atoms with Crippen molar-refractivity contribution in [2.45, 2.75) is 32.6 Å². The van der Waals surface area contributed by atoms with Crippen molar-refractivity contribution in [2.24, 2.45) is 0 Å². The first-order valence-corrected chi connectivity index (χ1v) is 5.80. The summed E-state index contributed by atoms with van der Waals surface area (Å²) in [4.78, 5) is 21.3. The lowest BCUT2D eigenvalue weighted by molar-refractivity contribution is -0.138. The zero-order valence-corrected chi connectivity index (χ0v) is 10.2. The van der Waals surface area contributed by atoms with E-state index in [0.29, 0.717) is 19.6 Å². The molecular weight excluding hydrogens is 226 g/mol. The molecule has 1 amide bonds. The van der Waals surface area contributed by atoms with Gasteiger partial charge in [-0.25, -0.2) is 0 Å². The molecule has 0 aromatic rings. The van der Waals surface area contributed by atoms with Crippen LogP contribution in [0.1, 0.15) is 32.6 Å². The van der Waals surface area contributed by atoms with Gasteiger partial charge in [-0.05, 0) is 6.42 Å². The molecule has 0 aliphatic carbocycles. The molecule has 100 valence electrons. The van der Waals surface area contributed by atoms with Crippen molar-refractivity contribution in [1.29, 1.82) is 0 Å². The number of rotatable bonds is 11. The van der Waals surface area contributed by atoms with Crippen LogP contribution in [0.3, 0.4) is 0 Å². The Balaban J connectivity index is 3.12. The van der Waals surface area contributed by atoms with Crippen molar-refractivity contribution >= 4 is 11.9 Å². The van der Waals surface area contributed by atoms with Gasteiger partial charge in [-0.3, -0.25) is 9.59 Å². The molecule has 0 aromatic carbocycles. The zero-order valence-electron chi connectivity index (χ0n) is 10.2. The molecule has 0 rings (SSSR count). The average molecular weight is 247 g/mol. The van der Waals surface area contributed by atoms with E-state index in [-0.39, 0.29) is 25.7 Å². The van der Waals surface area contributed by atoms with Gasteiger partial charge < -0.3 is 19.9 Å². The predicted molar refractivity (Wildman–Crippen MR) is 61.6 cm³/mol. The Bertz CT molecular complexity index is 220. The number of unbranched alkanes of at least 4 members (excludes halogenated alkanes) is 1. The maximum atomic E-state index is 11.1. The summed E-state index contributed by atoms with van der Waals surface area (Å²) in [6, 6.07) is 0. The summed E-state index contributed by atoms with van der Waals surface area (Å²) in [7, 11) is 0. The van der Waals surface area contributed by atoms with Crippen LogP contribution in [0.4, 0.5) is 0 Å². The van der Waals surface area contributed by atoms with Gasteiger partial charge in [0, 0.05) is 6.42 Å². The molecule has 0 aliphatic heterocycles. The summed E-state index contributed by atoms with van der Waals surface area (Å²) in [5.41, 5.74) is 0. The van der Waals surface area contributed by atoms with Crippen LogP contribution in [0, 0.1) is 0 Å². The number of amides is 1. The highest BCUT2D eigenvalue weighted by Crippen LogP contribution is 1.92. The summed E-state index contributed by atoms with van der Waals surface area (Å²) < 4.78 is 10.1. The Morgan fingerprint density at radius 3 is 2.47 bits per heavy atom. The average Bonchev–Trinajstić information content (AvgIpc) is 2.29.